The van der Waals surface area contributed by atoms with E-state index >= 15 is 0 Å². The number of hydrogen-bond donors (Lipinski definition) is 1. The van der Waals surface area contributed by atoms with Gasteiger partial charge in [-0.15, -0.1) is 0 Å². The largest absolute Gasteiger partial charge is 0.311 e. The maximum atomic E-state index is 3.82. The molecule has 1 atom stereocenters. The topological polar surface area (TPSA) is 15.3 Å². The molecule has 0 aromatic heterocycles. The number of thioether (sulfide) groups is 1. The zero-order chi connectivity index (χ0) is 11.4. The van der Waals surface area contributed by atoms with Crippen LogP contribution in [0.15, 0.2) is 0 Å². The summed E-state index contributed by atoms with van der Waals surface area (Å²) in [4.78, 5) is 2.46. The van der Waals surface area contributed by atoms with Crippen molar-refractivity contribution >= 4 is 11.8 Å². The molecule has 3 heteroatoms. The van der Waals surface area contributed by atoms with Crippen LogP contribution in [0.3, 0.4) is 0 Å². The Morgan fingerprint density at radius 1 is 1.25 bits per heavy atom. The number of nitrogens with zero attached hydrogens (tertiary/aromatic N) is 1. The Morgan fingerprint density at radius 3 is 2.56 bits per heavy atom. The second kappa shape index (κ2) is 5.74. The zero-order valence-electron chi connectivity index (χ0n) is 10.8. The molecule has 0 radical (unpaired) electrons. The summed E-state index contributed by atoms with van der Waals surface area (Å²) in [7, 11) is 4.51. The summed E-state index contributed by atoms with van der Waals surface area (Å²) in [5.41, 5.74) is 0.460. The van der Waals surface area contributed by atoms with Crippen molar-refractivity contribution in [2.24, 2.45) is 0 Å². The third kappa shape index (κ3) is 2.93. The van der Waals surface area contributed by atoms with Gasteiger partial charge in [0.05, 0.1) is 0 Å². The third-order valence-electron chi connectivity index (χ3n) is 4.36. The molecule has 0 aromatic rings. The summed E-state index contributed by atoms with van der Waals surface area (Å²) < 4.78 is 0. The van der Waals surface area contributed by atoms with Gasteiger partial charge in [-0.05, 0) is 45.5 Å². The highest BCUT2D eigenvalue weighted by atomic mass is 32.2. The SMILES string of the molecule is CN(C)C1(CNC2CCCSC2)CCCC1. The summed E-state index contributed by atoms with van der Waals surface area (Å²) in [6, 6.07) is 0.774. The van der Waals surface area contributed by atoms with E-state index in [1.54, 1.807) is 0 Å². The molecule has 2 nitrogen and oxygen atoms in total. The molecule has 0 aromatic carbocycles. The average molecular weight is 242 g/mol. The lowest BCUT2D eigenvalue weighted by molar-refractivity contribution is 0.149. The van der Waals surface area contributed by atoms with E-state index in [1.165, 1.54) is 56.6 Å². The van der Waals surface area contributed by atoms with E-state index in [2.05, 4.69) is 36.1 Å². The van der Waals surface area contributed by atoms with Crippen LogP contribution in [0.2, 0.25) is 0 Å². The van der Waals surface area contributed by atoms with Gasteiger partial charge < -0.3 is 10.2 Å². The molecule has 0 amide bonds. The highest BCUT2D eigenvalue weighted by molar-refractivity contribution is 7.99. The molecule has 1 N–H and O–H groups in total. The Kier molecular flexibility index (Phi) is 4.57. The predicted molar refractivity (Wildman–Crippen MR) is 73.2 cm³/mol. The Morgan fingerprint density at radius 2 is 2.00 bits per heavy atom. The monoisotopic (exact) mass is 242 g/mol. The normalized spacial score (nSPS) is 29.8. The van der Waals surface area contributed by atoms with Gasteiger partial charge in [0.25, 0.3) is 0 Å². The first-order valence-electron chi connectivity index (χ1n) is 6.71. The van der Waals surface area contributed by atoms with E-state index in [4.69, 9.17) is 0 Å². The van der Waals surface area contributed by atoms with Crippen LogP contribution >= 0.6 is 11.8 Å². The molecule has 1 saturated heterocycles. The van der Waals surface area contributed by atoms with Crippen molar-refractivity contribution in [2.45, 2.75) is 50.1 Å². The molecule has 1 unspecified atom stereocenters. The Hall–Kier alpha value is 0.270. The lowest BCUT2D eigenvalue weighted by Gasteiger charge is -2.38. The fraction of sp³-hybridized carbons (Fsp3) is 1.00. The summed E-state index contributed by atoms with van der Waals surface area (Å²) in [5, 5.41) is 3.82. The van der Waals surface area contributed by atoms with E-state index < -0.39 is 0 Å². The van der Waals surface area contributed by atoms with Gasteiger partial charge in [-0.3, -0.25) is 0 Å². The maximum Gasteiger partial charge on any atom is 0.0327 e. The Bertz CT molecular complexity index is 206. The van der Waals surface area contributed by atoms with Crippen molar-refractivity contribution in [1.82, 2.24) is 10.2 Å². The maximum absolute atomic E-state index is 3.82. The second-order valence-corrected chi connectivity index (χ2v) is 6.77. The van der Waals surface area contributed by atoms with Crippen molar-refractivity contribution in [1.29, 1.82) is 0 Å². The molecule has 1 aliphatic carbocycles. The molecule has 1 aliphatic heterocycles. The first-order valence-corrected chi connectivity index (χ1v) is 7.87. The molecule has 2 aliphatic rings. The van der Waals surface area contributed by atoms with Crippen LogP contribution in [-0.2, 0) is 0 Å². The molecule has 1 heterocycles. The Balaban J connectivity index is 1.81. The lowest BCUT2D eigenvalue weighted by Crippen LogP contribution is -2.52. The van der Waals surface area contributed by atoms with E-state index in [1.807, 2.05) is 0 Å². The summed E-state index contributed by atoms with van der Waals surface area (Å²) in [6.07, 6.45) is 8.38. The molecule has 0 bridgehead atoms. The second-order valence-electron chi connectivity index (χ2n) is 5.62. The van der Waals surface area contributed by atoms with Crippen LogP contribution in [0.1, 0.15) is 38.5 Å². The van der Waals surface area contributed by atoms with Gasteiger partial charge in [0.2, 0.25) is 0 Å². The zero-order valence-corrected chi connectivity index (χ0v) is 11.6. The van der Waals surface area contributed by atoms with Crippen LogP contribution in [0.5, 0.6) is 0 Å². The quantitative estimate of drug-likeness (QED) is 0.815. The van der Waals surface area contributed by atoms with Crippen molar-refractivity contribution < 1.29 is 0 Å². The molecule has 94 valence electrons. The van der Waals surface area contributed by atoms with Crippen molar-refractivity contribution in [2.75, 3.05) is 32.1 Å². The van der Waals surface area contributed by atoms with Gasteiger partial charge in [-0.1, -0.05) is 12.8 Å². The van der Waals surface area contributed by atoms with Crippen LogP contribution in [0.4, 0.5) is 0 Å². The summed E-state index contributed by atoms with van der Waals surface area (Å²) >= 11 is 2.12. The Labute approximate surface area is 105 Å². The molecular formula is C13H26N2S. The molecule has 2 rings (SSSR count). The first kappa shape index (κ1) is 12.7. The van der Waals surface area contributed by atoms with Gasteiger partial charge in [-0.2, -0.15) is 11.8 Å². The standard InChI is InChI=1S/C13H26N2S/c1-15(2)13(7-3-4-8-13)11-14-12-6-5-9-16-10-12/h12,14H,3-11H2,1-2H3. The highest BCUT2D eigenvalue weighted by Gasteiger charge is 2.36. The van der Waals surface area contributed by atoms with Gasteiger partial charge in [-0.25, -0.2) is 0 Å². The minimum Gasteiger partial charge on any atom is -0.311 e. The summed E-state index contributed by atoms with van der Waals surface area (Å²) in [6.45, 7) is 1.20. The van der Waals surface area contributed by atoms with E-state index in [0.717, 1.165) is 6.04 Å². The lowest BCUT2D eigenvalue weighted by atomic mass is 9.95. The molecule has 2 fully saturated rings. The van der Waals surface area contributed by atoms with Gasteiger partial charge in [0, 0.05) is 23.9 Å². The highest BCUT2D eigenvalue weighted by Crippen LogP contribution is 2.33. The van der Waals surface area contributed by atoms with E-state index in [-0.39, 0.29) is 0 Å². The van der Waals surface area contributed by atoms with Crippen LogP contribution < -0.4 is 5.32 Å². The van der Waals surface area contributed by atoms with Crippen LogP contribution in [0.25, 0.3) is 0 Å². The number of likely N-dealkylation sites (N-methyl/N-ethyl adjacent to an activating group) is 1. The number of nitrogens with one attached hydrogen (secondary N) is 1. The average Bonchev–Trinajstić information content (AvgIpc) is 2.78. The minimum absolute atomic E-state index is 0.460. The van der Waals surface area contributed by atoms with Crippen LogP contribution in [0, 0.1) is 0 Å². The minimum atomic E-state index is 0.460. The van der Waals surface area contributed by atoms with E-state index in [9.17, 15) is 0 Å². The molecule has 16 heavy (non-hydrogen) atoms. The van der Waals surface area contributed by atoms with Crippen molar-refractivity contribution in [3.05, 3.63) is 0 Å². The van der Waals surface area contributed by atoms with Gasteiger partial charge in [0.15, 0.2) is 0 Å². The predicted octanol–water partition coefficient (Wildman–Crippen LogP) is 2.35. The van der Waals surface area contributed by atoms with Crippen molar-refractivity contribution in [3.63, 3.8) is 0 Å². The molecule has 1 saturated carbocycles. The van der Waals surface area contributed by atoms with Crippen molar-refractivity contribution in [3.8, 4) is 0 Å². The fourth-order valence-corrected chi connectivity index (χ4v) is 4.16. The third-order valence-corrected chi connectivity index (χ3v) is 5.58. The number of rotatable bonds is 4. The fourth-order valence-electron chi connectivity index (χ4n) is 3.05. The van der Waals surface area contributed by atoms with Gasteiger partial charge >= 0.3 is 0 Å². The van der Waals surface area contributed by atoms with Gasteiger partial charge in [0.1, 0.15) is 0 Å². The smallest absolute Gasteiger partial charge is 0.0327 e. The molecular weight excluding hydrogens is 216 g/mol. The van der Waals surface area contributed by atoms with Crippen LogP contribution in [-0.4, -0.2) is 48.6 Å². The number of hydrogen-bond acceptors (Lipinski definition) is 3. The van der Waals surface area contributed by atoms with E-state index in [0.29, 0.717) is 5.54 Å². The first-order chi connectivity index (χ1) is 7.73. The summed E-state index contributed by atoms with van der Waals surface area (Å²) in [5.74, 6) is 2.69. The molecule has 0 spiro atoms.